The number of aromatic nitrogens is 2. The van der Waals surface area contributed by atoms with Crippen LogP contribution in [-0.2, 0) is 0 Å². The van der Waals surface area contributed by atoms with Crippen molar-refractivity contribution in [2.45, 2.75) is 5.22 Å². The van der Waals surface area contributed by atoms with Crippen LogP contribution in [0, 0.1) is 10.1 Å². The molecule has 0 unspecified atom stereocenters. The van der Waals surface area contributed by atoms with E-state index in [-0.39, 0.29) is 28.3 Å². The minimum absolute atomic E-state index is 0.0477. The molecule has 0 spiro atoms. The topological polar surface area (TPSA) is 108 Å². The molecule has 0 saturated carbocycles. The summed E-state index contributed by atoms with van der Waals surface area (Å²) in [7, 11) is 1.52. The molecule has 0 aliphatic rings. The highest BCUT2D eigenvalue weighted by Gasteiger charge is 2.16. The number of carbonyl (C=O) groups is 1. The maximum absolute atomic E-state index is 12.2. The first-order chi connectivity index (χ1) is 13.0. The lowest BCUT2D eigenvalue weighted by Gasteiger charge is -2.04. The van der Waals surface area contributed by atoms with Crippen LogP contribution in [0.15, 0.2) is 52.1 Å². The van der Waals surface area contributed by atoms with E-state index in [1.807, 2.05) is 0 Å². The molecule has 3 aromatic rings. The van der Waals surface area contributed by atoms with Gasteiger partial charge >= 0.3 is 0 Å². The number of thioether (sulfide) groups is 1. The molecule has 3 rings (SSSR count). The summed E-state index contributed by atoms with van der Waals surface area (Å²) in [5.41, 5.74) is 0.839. The molecule has 0 aliphatic carbocycles. The monoisotopic (exact) mass is 405 g/mol. The number of nitrogens with zero attached hydrogens (tertiary/aromatic N) is 3. The highest BCUT2D eigenvalue weighted by molar-refractivity contribution is 7.99. The molecule has 0 amide bonds. The lowest BCUT2D eigenvalue weighted by Crippen LogP contribution is -2.02. The average molecular weight is 406 g/mol. The number of benzene rings is 2. The molecular weight excluding hydrogens is 394 g/mol. The number of hydrogen-bond donors (Lipinski definition) is 0. The van der Waals surface area contributed by atoms with Gasteiger partial charge in [0.05, 0.1) is 23.3 Å². The predicted octanol–water partition coefficient (Wildman–Crippen LogP) is 4.28. The molecule has 0 saturated heterocycles. The van der Waals surface area contributed by atoms with Gasteiger partial charge in [0.15, 0.2) is 5.78 Å². The first-order valence-corrected chi connectivity index (χ1v) is 8.92. The Balaban J connectivity index is 1.68. The molecule has 8 nitrogen and oxygen atoms in total. The van der Waals surface area contributed by atoms with Crippen molar-refractivity contribution in [2.24, 2.45) is 0 Å². The van der Waals surface area contributed by atoms with E-state index in [0.717, 1.165) is 11.8 Å². The summed E-state index contributed by atoms with van der Waals surface area (Å²) in [6.07, 6.45) is 0. The van der Waals surface area contributed by atoms with Crippen molar-refractivity contribution in [3.63, 3.8) is 0 Å². The second-order valence-corrected chi connectivity index (χ2v) is 6.60. The molecule has 0 aliphatic heterocycles. The van der Waals surface area contributed by atoms with E-state index < -0.39 is 4.92 Å². The molecule has 2 aromatic carbocycles. The van der Waals surface area contributed by atoms with Crippen molar-refractivity contribution in [3.05, 3.63) is 63.2 Å². The van der Waals surface area contributed by atoms with E-state index in [2.05, 4.69) is 10.2 Å². The number of hydrogen-bond acceptors (Lipinski definition) is 8. The number of rotatable bonds is 7. The van der Waals surface area contributed by atoms with Crippen molar-refractivity contribution in [1.29, 1.82) is 0 Å². The van der Waals surface area contributed by atoms with Crippen LogP contribution >= 0.6 is 23.4 Å². The molecule has 0 N–H and O–H groups in total. The second-order valence-electron chi connectivity index (χ2n) is 5.23. The van der Waals surface area contributed by atoms with Gasteiger partial charge in [-0.1, -0.05) is 23.4 Å². The Bertz CT molecular complexity index is 990. The van der Waals surface area contributed by atoms with Gasteiger partial charge in [-0.05, 0) is 30.3 Å². The van der Waals surface area contributed by atoms with Crippen LogP contribution in [0.4, 0.5) is 5.69 Å². The highest BCUT2D eigenvalue weighted by Crippen LogP contribution is 2.33. The molecule has 0 bridgehead atoms. The maximum atomic E-state index is 12.2. The summed E-state index contributed by atoms with van der Waals surface area (Å²) in [6, 6.07) is 10.4. The summed E-state index contributed by atoms with van der Waals surface area (Å²) in [5.74, 6) is 0.586. The number of non-ortho nitro benzene ring substituents is 1. The van der Waals surface area contributed by atoms with Gasteiger partial charge in [0.25, 0.3) is 16.8 Å². The first kappa shape index (κ1) is 18.9. The van der Waals surface area contributed by atoms with Gasteiger partial charge in [-0.25, -0.2) is 0 Å². The van der Waals surface area contributed by atoms with Gasteiger partial charge in [0, 0.05) is 22.7 Å². The van der Waals surface area contributed by atoms with Crippen LogP contribution in [0.2, 0.25) is 5.02 Å². The quantitative estimate of drug-likeness (QED) is 0.248. The highest BCUT2D eigenvalue weighted by atomic mass is 35.5. The molecule has 27 heavy (non-hydrogen) atoms. The van der Waals surface area contributed by atoms with Crippen LogP contribution in [0.3, 0.4) is 0 Å². The second kappa shape index (κ2) is 8.19. The fraction of sp³-hybridized carbons (Fsp3) is 0.118. The number of ketones is 1. The van der Waals surface area contributed by atoms with Crippen LogP contribution < -0.4 is 4.74 Å². The van der Waals surface area contributed by atoms with Gasteiger partial charge in [0.2, 0.25) is 0 Å². The molecule has 138 valence electrons. The zero-order valence-corrected chi connectivity index (χ0v) is 15.5. The molecular formula is C17H12ClN3O5S. The third-order valence-corrected chi connectivity index (χ3v) is 4.58. The minimum atomic E-state index is -0.521. The van der Waals surface area contributed by atoms with Crippen molar-refractivity contribution >= 4 is 34.8 Å². The molecule has 0 radical (unpaired) electrons. The molecule has 0 fully saturated rings. The fourth-order valence-corrected chi connectivity index (χ4v) is 3.03. The minimum Gasteiger partial charge on any atom is -0.496 e. The standard InChI is InChI=1S/C17H12ClN3O5S/c1-25-15-7-4-11(18)8-13(15)16-19-20-17(26-16)27-9-14(22)10-2-5-12(6-3-10)21(23)24/h2-8H,9H2,1H3. The van der Waals surface area contributed by atoms with E-state index in [1.165, 1.54) is 31.4 Å². The van der Waals surface area contributed by atoms with Crippen LogP contribution in [0.5, 0.6) is 5.75 Å². The zero-order chi connectivity index (χ0) is 19.4. The van der Waals surface area contributed by atoms with Crippen LogP contribution in [0.25, 0.3) is 11.5 Å². The van der Waals surface area contributed by atoms with Gasteiger partial charge in [-0.3, -0.25) is 14.9 Å². The third-order valence-electron chi connectivity index (χ3n) is 3.53. The van der Waals surface area contributed by atoms with Crippen molar-refractivity contribution < 1.29 is 18.9 Å². The van der Waals surface area contributed by atoms with Crippen molar-refractivity contribution in [2.75, 3.05) is 12.9 Å². The lowest BCUT2D eigenvalue weighted by atomic mass is 10.1. The van der Waals surface area contributed by atoms with Crippen molar-refractivity contribution in [1.82, 2.24) is 10.2 Å². The maximum Gasteiger partial charge on any atom is 0.277 e. The summed E-state index contributed by atoms with van der Waals surface area (Å²) in [6.45, 7) is 0. The zero-order valence-electron chi connectivity index (χ0n) is 13.9. The van der Waals surface area contributed by atoms with Gasteiger partial charge < -0.3 is 9.15 Å². The number of nitro groups is 1. The Morgan fingerprint density at radius 2 is 2.00 bits per heavy atom. The molecule has 1 heterocycles. The Kier molecular flexibility index (Phi) is 5.72. The molecule has 10 heteroatoms. The Morgan fingerprint density at radius 3 is 2.67 bits per heavy atom. The SMILES string of the molecule is COc1ccc(Cl)cc1-c1nnc(SCC(=O)c2ccc([N+](=O)[O-])cc2)o1. The van der Waals surface area contributed by atoms with Gasteiger partial charge in [-0.2, -0.15) is 0 Å². The Labute approximate surface area is 162 Å². The normalized spacial score (nSPS) is 10.6. The number of halogens is 1. The van der Waals surface area contributed by atoms with Crippen LogP contribution in [0.1, 0.15) is 10.4 Å². The lowest BCUT2D eigenvalue weighted by molar-refractivity contribution is -0.384. The number of Topliss-reactive ketones (excluding diaryl/α,β-unsaturated/α-hetero) is 1. The Morgan fingerprint density at radius 1 is 1.26 bits per heavy atom. The molecule has 0 atom stereocenters. The van der Waals surface area contributed by atoms with E-state index in [1.54, 1.807) is 18.2 Å². The van der Waals surface area contributed by atoms with Crippen LogP contribution in [-0.4, -0.2) is 33.8 Å². The summed E-state index contributed by atoms with van der Waals surface area (Å²) in [5, 5.41) is 19.2. The summed E-state index contributed by atoms with van der Waals surface area (Å²) >= 11 is 7.06. The summed E-state index contributed by atoms with van der Waals surface area (Å²) < 4.78 is 10.8. The largest absolute Gasteiger partial charge is 0.496 e. The van der Waals surface area contributed by atoms with Gasteiger partial charge in [-0.15, -0.1) is 10.2 Å². The van der Waals surface area contributed by atoms with E-state index in [0.29, 0.717) is 21.9 Å². The number of carbonyl (C=O) groups excluding carboxylic acids is 1. The number of methoxy groups -OCH3 is 1. The van der Waals surface area contributed by atoms with Crippen molar-refractivity contribution in [3.8, 4) is 17.2 Å². The first-order valence-electron chi connectivity index (χ1n) is 7.56. The smallest absolute Gasteiger partial charge is 0.277 e. The fourth-order valence-electron chi connectivity index (χ4n) is 2.20. The molecule has 1 aromatic heterocycles. The number of nitro benzene ring substituents is 1. The summed E-state index contributed by atoms with van der Waals surface area (Å²) in [4.78, 5) is 22.3. The van der Waals surface area contributed by atoms with E-state index in [4.69, 9.17) is 20.8 Å². The van der Waals surface area contributed by atoms with E-state index >= 15 is 0 Å². The number of ether oxygens (including phenoxy) is 1. The van der Waals surface area contributed by atoms with E-state index in [9.17, 15) is 14.9 Å². The predicted molar refractivity (Wildman–Crippen MR) is 99.4 cm³/mol. The Hall–Kier alpha value is -2.91. The van der Waals surface area contributed by atoms with Gasteiger partial charge in [0.1, 0.15) is 5.75 Å². The third kappa shape index (κ3) is 4.44. The average Bonchev–Trinajstić information content (AvgIpc) is 3.15.